The Morgan fingerprint density at radius 2 is 0.850 bits per heavy atom. The summed E-state index contributed by atoms with van der Waals surface area (Å²) in [5.41, 5.74) is 16.4. The first-order chi connectivity index (χ1) is 59.2. The fourth-order valence-electron chi connectivity index (χ4n) is 14.5. The number of nitrogens with zero attached hydrogens (tertiary/aromatic N) is 18. The van der Waals surface area contributed by atoms with E-state index in [2.05, 4.69) is 236 Å². The van der Waals surface area contributed by atoms with E-state index in [1.54, 1.807) is 31.0 Å². The van der Waals surface area contributed by atoms with Crippen molar-refractivity contribution in [2.45, 2.75) is 34.2 Å². The minimum atomic E-state index is 0.699. The Balaban J connectivity index is 0.000000103. The number of rotatable bonds is 17. The summed E-state index contributed by atoms with van der Waals surface area (Å²) in [6.07, 6.45) is 19.7. The number of hydrogen-bond acceptors (Lipinski definition) is 25. The zero-order valence-electron chi connectivity index (χ0n) is 65.7. The molecule has 592 valence electrons. The van der Waals surface area contributed by atoms with E-state index in [9.17, 15) is 0 Å². The number of anilines is 13. The van der Waals surface area contributed by atoms with Gasteiger partial charge >= 0.3 is 0 Å². The van der Waals surface area contributed by atoms with Gasteiger partial charge in [-0.05, 0) is 213 Å². The van der Waals surface area contributed by atoms with E-state index in [-0.39, 0.29) is 0 Å². The van der Waals surface area contributed by atoms with E-state index in [1.165, 1.54) is 5.39 Å². The number of fused-ring (bicyclic) bond motifs is 10. The van der Waals surface area contributed by atoms with Crippen molar-refractivity contribution in [3.8, 4) is 11.4 Å². The Hall–Kier alpha value is -16.2. The minimum Gasteiger partial charge on any atom is -0.384 e. The second-order valence-corrected chi connectivity index (χ2v) is 27.9. The van der Waals surface area contributed by atoms with E-state index in [4.69, 9.17) is 4.74 Å². The molecule has 0 bridgehead atoms. The summed E-state index contributed by atoms with van der Waals surface area (Å²) in [6, 6.07) is 62.4. The Morgan fingerprint density at radius 3 is 1.44 bits per heavy atom. The van der Waals surface area contributed by atoms with E-state index in [0.717, 1.165) is 219 Å². The third-order valence-corrected chi connectivity index (χ3v) is 20.2. The van der Waals surface area contributed by atoms with Gasteiger partial charge in [0.15, 0.2) is 28.7 Å². The lowest BCUT2D eigenvalue weighted by atomic mass is 10.1. The summed E-state index contributed by atoms with van der Waals surface area (Å²) in [5, 5.41) is 76.0. The van der Waals surface area contributed by atoms with Gasteiger partial charge in [0, 0.05) is 150 Å². The van der Waals surface area contributed by atoms with E-state index in [0.29, 0.717) is 22.9 Å². The molecule has 16 aromatic heterocycles. The number of ether oxygens (including phenoxy) is 1. The highest BCUT2D eigenvalue weighted by molar-refractivity contribution is 6.01. The molecule has 1 aliphatic heterocycles. The fraction of sp³-hybridized carbons (Fsp3) is 0.124. The van der Waals surface area contributed by atoms with Gasteiger partial charge in [-0.2, -0.15) is 30.6 Å². The maximum Gasteiger partial charge on any atom is 0.183 e. The van der Waals surface area contributed by atoms with Crippen LogP contribution in [0.5, 0.6) is 0 Å². The minimum absolute atomic E-state index is 0.699. The number of hydrogen-bond donors (Lipinski definition) is 12. The van der Waals surface area contributed by atoms with Crippen molar-refractivity contribution in [2.75, 3.05) is 81.5 Å². The normalized spacial score (nSPS) is 11.9. The molecule has 0 aliphatic carbocycles. The van der Waals surface area contributed by atoms with Crippen LogP contribution in [0.25, 0.3) is 121 Å². The average Bonchev–Trinajstić information content (AvgIpc) is 1.61. The number of aryl methyl sites for hydroxylation is 2. The molecule has 0 radical (unpaired) electrons. The monoisotopic (exact) mass is 1580 g/mol. The first-order valence-electron chi connectivity index (χ1n) is 39.3. The van der Waals surface area contributed by atoms with Gasteiger partial charge in [-0.1, -0.05) is 24.3 Å². The Kier molecular flexibility index (Phi) is 21.6. The molecule has 12 N–H and O–H groups in total. The Labute approximate surface area is 684 Å². The number of benzene rings is 5. The predicted octanol–water partition coefficient (Wildman–Crippen LogP) is 18.1. The van der Waals surface area contributed by atoms with Crippen LogP contribution >= 0.6 is 0 Å². The molecular weight excluding hydrogens is 1510 g/mol. The smallest absolute Gasteiger partial charge is 0.183 e. The molecule has 22 rings (SSSR count). The number of pyridine rings is 10. The van der Waals surface area contributed by atoms with Crippen molar-refractivity contribution in [2.24, 2.45) is 0 Å². The molecule has 120 heavy (non-hydrogen) atoms. The van der Waals surface area contributed by atoms with Gasteiger partial charge in [0.25, 0.3) is 0 Å². The number of H-pyrrole nitrogens is 5. The van der Waals surface area contributed by atoms with Crippen LogP contribution in [0.3, 0.4) is 0 Å². The standard InChI is InChI=1S/C20H17N7.C19H18N6O.2C17H16N6.C16H13N5/c1-2-27-17(8-11-23-27)18-15-6-5-14(12-13(15)7-10-22-18)24-20-19-16(25-26-20)4-3-9-21-19;1-2-16-17(20-6-1)18(24-23-16)22-14-3-4-15-13(12-14)5-7-21-19(15)25-8-10-26-11-9-25;1-2-18-13-6-3-5-11-9-12(10-20-15(11)13)21-17-16-14(22-23-17)7-4-8-19-16;1-2-18-15-13-6-5-12(10-11(13)7-9-20-15)21-17-14-4-3-8-19-16(14)22-23-17;1-10-13-5-4-12(9-11(13)6-8-17-10)19-16-14-3-2-7-18-15(14)20-21-16/h3-12H,2H2,1H3,(H2,24,25,26);1-7,12H,8-11H2,(H2,22,23,24);3-10,18H,2H2,1H3,(H2,21,22,23);3-10H,2H2,1H3,(H,18,20)(H2,19,21,22,23);2-9H,1H3,(H2,18,19,20,21). The summed E-state index contributed by atoms with van der Waals surface area (Å²) in [5.74, 6) is 5.75. The number of aromatic amines is 5. The van der Waals surface area contributed by atoms with Crippen LogP contribution in [0.4, 0.5) is 74.8 Å². The first kappa shape index (κ1) is 75.2. The Morgan fingerprint density at radius 1 is 0.358 bits per heavy atom. The molecule has 31 nitrogen and oxygen atoms in total. The molecule has 0 unspecified atom stereocenters. The number of morpholine rings is 1. The highest BCUT2D eigenvalue weighted by Gasteiger charge is 2.19. The van der Waals surface area contributed by atoms with Gasteiger partial charge in [0.05, 0.1) is 75.0 Å². The van der Waals surface area contributed by atoms with Crippen molar-refractivity contribution in [3.05, 3.63) is 262 Å². The van der Waals surface area contributed by atoms with Crippen LogP contribution in [-0.4, -0.2) is 150 Å². The maximum absolute atomic E-state index is 5.45. The van der Waals surface area contributed by atoms with Crippen LogP contribution in [0.1, 0.15) is 26.5 Å². The predicted molar refractivity (Wildman–Crippen MR) is 478 cm³/mol. The molecule has 31 heteroatoms. The van der Waals surface area contributed by atoms with E-state index < -0.39 is 0 Å². The lowest BCUT2D eigenvalue weighted by molar-refractivity contribution is 0.122. The van der Waals surface area contributed by atoms with Crippen LogP contribution in [0.15, 0.2) is 256 Å². The van der Waals surface area contributed by atoms with Gasteiger partial charge in [-0.25, -0.2) is 19.9 Å². The molecule has 17 heterocycles. The highest BCUT2D eigenvalue weighted by atomic mass is 16.5. The zero-order valence-corrected chi connectivity index (χ0v) is 65.7. The third kappa shape index (κ3) is 16.2. The fourth-order valence-corrected chi connectivity index (χ4v) is 14.5. The summed E-state index contributed by atoms with van der Waals surface area (Å²) >= 11 is 0. The summed E-state index contributed by atoms with van der Waals surface area (Å²) in [4.78, 5) is 46.3. The van der Waals surface area contributed by atoms with Crippen molar-refractivity contribution in [1.29, 1.82) is 0 Å². The number of nitrogens with one attached hydrogen (secondary N) is 12. The van der Waals surface area contributed by atoms with Crippen molar-refractivity contribution < 1.29 is 4.74 Å². The lowest BCUT2D eigenvalue weighted by Crippen LogP contribution is -2.36. The van der Waals surface area contributed by atoms with Crippen LogP contribution in [-0.2, 0) is 11.3 Å². The average molecular weight is 1590 g/mol. The van der Waals surface area contributed by atoms with Crippen LogP contribution in [0, 0.1) is 6.92 Å². The molecular formula is C89H80N30O. The molecule has 1 fully saturated rings. The van der Waals surface area contributed by atoms with Gasteiger partial charge in [-0.3, -0.25) is 60.1 Å². The van der Waals surface area contributed by atoms with Gasteiger partial charge in [0.2, 0.25) is 0 Å². The van der Waals surface area contributed by atoms with Crippen molar-refractivity contribution in [1.82, 2.24) is 111 Å². The molecule has 0 saturated carbocycles. The quantitative estimate of drug-likeness (QED) is 0.0403. The molecule has 21 aromatic rings. The molecule has 0 amide bonds. The van der Waals surface area contributed by atoms with E-state index >= 15 is 0 Å². The topological polar surface area (TPSA) is 387 Å². The lowest BCUT2D eigenvalue weighted by Gasteiger charge is -2.28. The highest BCUT2D eigenvalue weighted by Crippen LogP contribution is 2.36. The zero-order chi connectivity index (χ0) is 81.1. The SMILES string of the molecule is CCNc1cccc2cc(Nc3n[nH]c4cccnc34)cnc12.CCNc1nccc2cc(Nc3[nH]nc4ncccc34)ccc12.CCn1nccc1-c1nccc2cc(Nc3n[nH]c4cccnc34)ccc12.Cc1nccc2cc(Nc3[nH]nc4ncccc34)ccc12.c1cnc2c(Nc3ccc4c(N5CCOCC5)nccc4c3)n[nH]c2c1. The molecule has 0 spiro atoms. The largest absolute Gasteiger partial charge is 0.384 e. The summed E-state index contributed by atoms with van der Waals surface area (Å²) in [7, 11) is 0. The number of aromatic nitrogens is 22. The molecule has 1 aliphatic rings. The van der Waals surface area contributed by atoms with E-state index in [1.807, 2.05) is 170 Å². The summed E-state index contributed by atoms with van der Waals surface area (Å²) < 4.78 is 7.40. The first-order valence-corrected chi connectivity index (χ1v) is 39.3. The van der Waals surface area contributed by atoms with Gasteiger partial charge in [0.1, 0.15) is 39.8 Å². The summed E-state index contributed by atoms with van der Waals surface area (Å²) in [6.45, 7) is 14.0. The maximum atomic E-state index is 5.45. The third-order valence-electron chi connectivity index (χ3n) is 20.2. The molecule has 5 aromatic carbocycles. The molecule has 0 atom stereocenters. The number of para-hydroxylation sites is 1. The van der Waals surface area contributed by atoms with Gasteiger partial charge in [-0.15, -0.1) is 0 Å². The van der Waals surface area contributed by atoms with Crippen molar-refractivity contribution >= 4 is 184 Å². The molecule has 1 saturated heterocycles. The second-order valence-electron chi connectivity index (χ2n) is 27.9. The van der Waals surface area contributed by atoms with Crippen molar-refractivity contribution in [3.63, 3.8) is 0 Å². The Bertz CT molecular complexity index is 7020. The second kappa shape index (κ2) is 34.5. The van der Waals surface area contributed by atoms with Gasteiger partial charge < -0.3 is 46.9 Å². The van der Waals surface area contributed by atoms with Crippen LogP contribution in [0.2, 0.25) is 0 Å². The van der Waals surface area contributed by atoms with Crippen LogP contribution < -0.4 is 42.1 Å².